The van der Waals surface area contributed by atoms with Crippen molar-refractivity contribution < 1.29 is 13.5 Å². The van der Waals surface area contributed by atoms with E-state index in [2.05, 4.69) is 4.98 Å². The van der Waals surface area contributed by atoms with Crippen LogP contribution in [0, 0.1) is 0 Å². The molecule has 0 amide bonds. The number of aliphatic hydroxyl groups excluding tert-OH is 1. The number of aromatic nitrogens is 1. The van der Waals surface area contributed by atoms with Gasteiger partial charge in [0.1, 0.15) is 10.0 Å². The average Bonchev–Trinajstić information content (AvgIpc) is 2.66. The zero-order valence-electron chi connectivity index (χ0n) is 8.38. The maximum atomic E-state index is 12.1. The summed E-state index contributed by atoms with van der Waals surface area (Å²) in [7, 11) is -3.62. The second kappa shape index (κ2) is 4.29. The standard InChI is InChI=1S/C9H11ClN2O3S/c10-9-8(2-1-4-11-9)16(14,15)12-5-3-7(13)6-12/h1-2,4,7,13H,3,5-6H2/t7-/m1/s1. The molecule has 16 heavy (non-hydrogen) atoms. The molecule has 1 fully saturated rings. The summed E-state index contributed by atoms with van der Waals surface area (Å²) in [4.78, 5) is 3.72. The molecule has 0 spiro atoms. The predicted octanol–water partition coefficient (Wildman–Crippen LogP) is 0.490. The molecule has 2 rings (SSSR count). The van der Waals surface area contributed by atoms with E-state index in [0.29, 0.717) is 13.0 Å². The van der Waals surface area contributed by atoms with Crippen molar-refractivity contribution in [2.45, 2.75) is 17.4 Å². The van der Waals surface area contributed by atoms with Gasteiger partial charge in [0.15, 0.2) is 0 Å². The third-order valence-electron chi connectivity index (χ3n) is 2.47. The van der Waals surface area contributed by atoms with Crippen LogP contribution in [0.15, 0.2) is 23.2 Å². The third kappa shape index (κ3) is 2.06. The van der Waals surface area contributed by atoms with Crippen LogP contribution in [0.2, 0.25) is 5.15 Å². The van der Waals surface area contributed by atoms with Gasteiger partial charge in [0.2, 0.25) is 10.0 Å². The molecule has 1 aromatic heterocycles. The maximum absolute atomic E-state index is 12.1. The molecule has 1 aliphatic rings. The Morgan fingerprint density at radius 3 is 2.88 bits per heavy atom. The van der Waals surface area contributed by atoms with Gasteiger partial charge in [0, 0.05) is 19.3 Å². The maximum Gasteiger partial charge on any atom is 0.246 e. The van der Waals surface area contributed by atoms with Gasteiger partial charge in [0.25, 0.3) is 0 Å². The summed E-state index contributed by atoms with van der Waals surface area (Å²) in [6.45, 7) is 0.433. The molecule has 5 nitrogen and oxygen atoms in total. The van der Waals surface area contributed by atoms with Gasteiger partial charge in [-0.3, -0.25) is 0 Å². The highest BCUT2D eigenvalue weighted by Gasteiger charge is 2.33. The Kier molecular flexibility index (Phi) is 3.16. The molecule has 0 unspecified atom stereocenters. The van der Waals surface area contributed by atoms with Gasteiger partial charge in [-0.25, -0.2) is 13.4 Å². The van der Waals surface area contributed by atoms with Crippen LogP contribution in [0.1, 0.15) is 6.42 Å². The minimum Gasteiger partial charge on any atom is -0.392 e. The summed E-state index contributed by atoms with van der Waals surface area (Å²) in [6.07, 6.45) is 1.29. The molecule has 0 aliphatic carbocycles. The van der Waals surface area contributed by atoms with Gasteiger partial charge >= 0.3 is 0 Å². The SMILES string of the molecule is O=S(=O)(c1cccnc1Cl)N1CC[C@@H](O)C1. The number of hydrogen-bond donors (Lipinski definition) is 1. The van der Waals surface area contributed by atoms with Gasteiger partial charge in [-0.2, -0.15) is 4.31 Å². The van der Waals surface area contributed by atoms with E-state index >= 15 is 0 Å². The molecule has 0 aromatic carbocycles. The number of pyridine rings is 1. The topological polar surface area (TPSA) is 70.5 Å². The first kappa shape index (κ1) is 11.8. The van der Waals surface area contributed by atoms with E-state index in [1.165, 1.54) is 22.6 Å². The van der Waals surface area contributed by atoms with Crippen LogP contribution < -0.4 is 0 Å². The number of rotatable bonds is 2. The Morgan fingerprint density at radius 2 is 2.31 bits per heavy atom. The van der Waals surface area contributed by atoms with E-state index in [-0.39, 0.29) is 16.6 Å². The van der Waals surface area contributed by atoms with Crippen molar-refractivity contribution in [3.05, 3.63) is 23.5 Å². The number of nitrogens with zero attached hydrogens (tertiary/aromatic N) is 2. The van der Waals surface area contributed by atoms with Crippen molar-refractivity contribution in [2.24, 2.45) is 0 Å². The first-order chi connectivity index (χ1) is 7.51. The first-order valence-electron chi connectivity index (χ1n) is 4.80. The summed E-state index contributed by atoms with van der Waals surface area (Å²) >= 11 is 5.74. The number of aliphatic hydroxyl groups is 1. The van der Waals surface area contributed by atoms with Crippen molar-refractivity contribution in [2.75, 3.05) is 13.1 Å². The second-order valence-electron chi connectivity index (χ2n) is 3.60. The number of sulfonamides is 1. The lowest BCUT2D eigenvalue weighted by Gasteiger charge is -2.15. The second-order valence-corrected chi connectivity index (χ2v) is 5.86. The molecule has 1 saturated heterocycles. The van der Waals surface area contributed by atoms with Crippen LogP contribution in [0.5, 0.6) is 0 Å². The highest BCUT2D eigenvalue weighted by molar-refractivity contribution is 7.89. The number of β-amino-alcohol motifs (C(OH)–C–C–N with tert-alkyl or cyclic N) is 1. The van der Waals surface area contributed by atoms with Crippen LogP contribution in [0.3, 0.4) is 0 Å². The van der Waals surface area contributed by atoms with Gasteiger partial charge in [0.05, 0.1) is 6.10 Å². The largest absolute Gasteiger partial charge is 0.392 e. The van der Waals surface area contributed by atoms with Crippen molar-refractivity contribution in [3.63, 3.8) is 0 Å². The van der Waals surface area contributed by atoms with Crippen molar-refractivity contribution in [1.82, 2.24) is 9.29 Å². The lowest BCUT2D eigenvalue weighted by molar-refractivity contribution is 0.189. The van der Waals surface area contributed by atoms with E-state index in [0.717, 1.165) is 0 Å². The zero-order chi connectivity index (χ0) is 11.8. The average molecular weight is 263 g/mol. The molecule has 1 aliphatic heterocycles. The molecule has 0 saturated carbocycles. The molecule has 1 N–H and O–H groups in total. The van der Waals surface area contributed by atoms with E-state index in [1.54, 1.807) is 0 Å². The van der Waals surface area contributed by atoms with E-state index in [4.69, 9.17) is 11.6 Å². The van der Waals surface area contributed by atoms with Crippen LogP contribution in [0.25, 0.3) is 0 Å². The third-order valence-corrected chi connectivity index (χ3v) is 4.78. The van der Waals surface area contributed by atoms with Crippen molar-refractivity contribution in [3.8, 4) is 0 Å². The predicted molar refractivity (Wildman–Crippen MR) is 58.6 cm³/mol. The Bertz CT molecular complexity index is 491. The summed E-state index contributed by atoms with van der Waals surface area (Å²) in [6, 6.07) is 2.93. The van der Waals surface area contributed by atoms with Crippen LogP contribution >= 0.6 is 11.6 Å². The Morgan fingerprint density at radius 1 is 1.56 bits per heavy atom. The van der Waals surface area contributed by atoms with Crippen molar-refractivity contribution >= 4 is 21.6 Å². The summed E-state index contributed by atoms with van der Waals surface area (Å²) in [5.74, 6) is 0. The number of halogens is 1. The van der Waals surface area contributed by atoms with Crippen LogP contribution in [-0.2, 0) is 10.0 Å². The molecule has 0 radical (unpaired) electrons. The lowest BCUT2D eigenvalue weighted by atomic mass is 10.3. The molecule has 7 heteroatoms. The highest BCUT2D eigenvalue weighted by Crippen LogP contribution is 2.25. The minimum atomic E-state index is -3.62. The smallest absolute Gasteiger partial charge is 0.246 e. The quantitative estimate of drug-likeness (QED) is 0.788. The lowest BCUT2D eigenvalue weighted by Crippen LogP contribution is -2.30. The molecule has 88 valence electrons. The Labute approximate surface area is 98.7 Å². The molecule has 1 atom stereocenters. The Hall–Kier alpha value is -0.690. The van der Waals surface area contributed by atoms with E-state index in [9.17, 15) is 13.5 Å². The normalized spacial score (nSPS) is 22.5. The fourth-order valence-corrected chi connectivity index (χ4v) is 3.55. The van der Waals surface area contributed by atoms with E-state index in [1.807, 2.05) is 0 Å². The zero-order valence-corrected chi connectivity index (χ0v) is 9.95. The van der Waals surface area contributed by atoms with Crippen LogP contribution in [-0.4, -0.2) is 42.0 Å². The molecule has 1 aromatic rings. The monoisotopic (exact) mass is 262 g/mol. The van der Waals surface area contributed by atoms with Gasteiger partial charge in [-0.15, -0.1) is 0 Å². The summed E-state index contributed by atoms with van der Waals surface area (Å²) in [5.41, 5.74) is 0. The summed E-state index contributed by atoms with van der Waals surface area (Å²) in [5, 5.41) is 9.29. The molecule has 0 bridgehead atoms. The van der Waals surface area contributed by atoms with Gasteiger partial charge < -0.3 is 5.11 Å². The Balaban J connectivity index is 2.36. The fourth-order valence-electron chi connectivity index (χ4n) is 1.63. The van der Waals surface area contributed by atoms with Gasteiger partial charge in [-0.1, -0.05) is 11.6 Å². The highest BCUT2D eigenvalue weighted by atomic mass is 35.5. The summed E-state index contributed by atoms with van der Waals surface area (Å²) < 4.78 is 25.4. The van der Waals surface area contributed by atoms with Crippen LogP contribution in [0.4, 0.5) is 0 Å². The van der Waals surface area contributed by atoms with Crippen molar-refractivity contribution in [1.29, 1.82) is 0 Å². The molecular formula is C9H11ClN2O3S. The number of hydrogen-bond acceptors (Lipinski definition) is 4. The van der Waals surface area contributed by atoms with Gasteiger partial charge in [-0.05, 0) is 18.6 Å². The molecule has 2 heterocycles. The van der Waals surface area contributed by atoms with E-state index < -0.39 is 16.1 Å². The molecular weight excluding hydrogens is 252 g/mol. The fraction of sp³-hybridized carbons (Fsp3) is 0.444. The first-order valence-corrected chi connectivity index (χ1v) is 6.62. The minimum absolute atomic E-state index is 0.00855.